The van der Waals surface area contributed by atoms with Crippen molar-refractivity contribution in [2.75, 3.05) is 38.5 Å². The third kappa shape index (κ3) is 5.02. The lowest BCUT2D eigenvalue weighted by molar-refractivity contribution is 0.182. The smallest absolute Gasteiger partial charge is 0.214 e. The first kappa shape index (κ1) is 18.4. The second-order valence-electron chi connectivity index (χ2n) is 6.54. The zero-order valence-corrected chi connectivity index (χ0v) is 15.4. The predicted octanol–water partition coefficient (Wildman–Crippen LogP) is 1.75. The van der Waals surface area contributed by atoms with E-state index in [9.17, 15) is 8.42 Å². The van der Waals surface area contributed by atoms with Crippen molar-refractivity contribution in [3.63, 3.8) is 0 Å². The molecule has 0 spiro atoms. The molecule has 1 aliphatic rings. The van der Waals surface area contributed by atoms with Gasteiger partial charge < -0.3 is 4.57 Å². The fourth-order valence-corrected chi connectivity index (χ4v) is 4.58. The number of aromatic nitrogens is 2. The van der Waals surface area contributed by atoms with Crippen molar-refractivity contribution in [3.8, 4) is 0 Å². The first-order chi connectivity index (χ1) is 10.9. The summed E-state index contributed by atoms with van der Waals surface area (Å²) in [6, 6.07) is 0. The standard InChI is InChI=1S/C16H30N4O2S/c1-4-5-14-23(21,22)20-12-9-18(10-13-20)8-11-19-7-6-17-16(19)15(2)3/h6-7,15H,4-5,8-14H2,1-3H3. The molecular formula is C16H30N4O2S. The lowest BCUT2D eigenvalue weighted by Crippen LogP contribution is -2.49. The Hall–Kier alpha value is -0.920. The van der Waals surface area contributed by atoms with Gasteiger partial charge in [0.05, 0.1) is 5.75 Å². The van der Waals surface area contributed by atoms with E-state index in [0.717, 1.165) is 44.8 Å². The van der Waals surface area contributed by atoms with Crippen LogP contribution in [0.2, 0.25) is 0 Å². The number of sulfonamides is 1. The van der Waals surface area contributed by atoms with E-state index in [2.05, 4.69) is 28.3 Å². The monoisotopic (exact) mass is 342 g/mol. The summed E-state index contributed by atoms with van der Waals surface area (Å²) < 4.78 is 28.3. The highest BCUT2D eigenvalue weighted by Crippen LogP contribution is 2.13. The van der Waals surface area contributed by atoms with Crippen LogP contribution in [0.3, 0.4) is 0 Å². The number of nitrogens with zero attached hydrogens (tertiary/aromatic N) is 4. The van der Waals surface area contributed by atoms with Gasteiger partial charge in [-0.2, -0.15) is 4.31 Å². The molecular weight excluding hydrogens is 312 g/mol. The maximum absolute atomic E-state index is 12.2. The van der Waals surface area contributed by atoms with E-state index in [1.807, 2.05) is 19.3 Å². The minimum absolute atomic E-state index is 0.288. The van der Waals surface area contributed by atoms with Crippen LogP contribution in [0, 0.1) is 0 Å². The summed E-state index contributed by atoms with van der Waals surface area (Å²) in [6.07, 6.45) is 5.55. The van der Waals surface area contributed by atoms with Crippen molar-refractivity contribution in [1.82, 2.24) is 18.8 Å². The molecule has 0 N–H and O–H groups in total. The molecule has 132 valence electrons. The molecule has 1 fully saturated rings. The van der Waals surface area contributed by atoms with Crippen LogP contribution in [0.15, 0.2) is 12.4 Å². The SMILES string of the molecule is CCCCS(=O)(=O)N1CCN(CCn2ccnc2C(C)C)CC1. The van der Waals surface area contributed by atoms with Gasteiger partial charge in [0, 0.05) is 57.6 Å². The first-order valence-corrected chi connectivity index (χ1v) is 10.3. The molecule has 0 aromatic carbocycles. The molecule has 2 heterocycles. The summed E-state index contributed by atoms with van der Waals surface area (Å²) in [5.74, 6) is 1.83. The van der Waals surface area contributed by atoms with Crippen molar-refractivity contribution in [3.05, 3.63) is 18.2 Å². The molecule has 1 saturated heterocycles. The van der Waals surface area contributed by atoms with Gasteiger partial charge in [-0.25, -0.2) is 13.4 Å². The predicted molar refractivity (Wildman–Crippen MR) is 93.0 cm³/mol. The number of imidazole rings is 1. The highest BCUT2D eigenvalue weighted by atomic mass is 32.2. The summed E-state index contributed by atoms with van der Waals surface area (Å²) in [5.41, 5.74) is 0. The van der Waals surface area contributed by atoms with Crippen molar-refractivity contribution < 1.29 is 8.42 Å². The molecule has 1 aromatic rings. The molecule has 23 heavy (non-hydrogen) atoms. The maximum Gasteiger partial charge on any atom is 0.214 e. The van der Waals surface area contributed by atoms with Gasteiger partial charge in [-0.15, -0.1) is 0 Å². The summed E-state index contributed by atoms with van der Waals surface area (Å²) in [7, 11) is -3.05. The average Bonchev–Trinajstić information content (AvgIpc) is 3.00. The van der Waals surface area contributed by atoms with Crippen LogP contribution in [0.25, 0.3) is 0 Å². The molecule has 0 radical (unpaired) electrons. The van der Waals surface area contributed by atoms with Crippen LogP contribution in [-0.2, 0) is 16.6 Å². The quantitative estimate of drug-likeness (QED) is 0.722. The molecule has 1 aromatic heterocycles. The second kappa shape index (κ2) is 8.26. The molecule has 7 heteroatoms. The van der Waals surface area contributed by atoms with E-state index in [4.69, 9.17) is 0 Å². The van der Waals surface area contributed by atoms with Gasteiger partial charge in [-0.3, -0.25) is 4.90 Å². The normalized spacial score (nSPS) is 17.9. The van der Waals surface area contributed by atoms with E-state index in [1.54, 1.807) is 4.31 Å². The van der Waals surface area contributed by atoms with E-state index in [-0.39, 0.29) is 5.75 Å². The molecule has 0 atom stereocenters. The van der Waals surface area contributed by atoms with E-state index in [0.29, 0.717) is 19.0 Å². The third-order valence-corrected chi connectivity index (χ3v) is 6.36. The Balaban J connectivity index is 1.80. The van der Waals surface area contributed by atoms with Gasteiger partial charge in [-0.1, -0.05) is 27.2 Å². The topological polar surface area (TPSA) is 58.4 Å². The molecule has 6 nitrogen and oxygen atoms in total. The van der Waals surface area contributed by atoms with Crippen LogP contribution < -0.4 is 0 Å². The number of hydrogen-bond donors (Lipinski definition) is 0. The van der Waals surface area contributed by atoms with Crippen molar-refractivity contribution in [2.45, 2.75) is 46.1 Å². The fourth-order valence-electron chi connectivity index (χ4n) is 2.95. The number of unbranched alkanes of at least 4 members (excludes halogenated alkanes) is 1. The Morgan fingerprint density at radius 2 is 1.87 bits per heavy atom. The van der Waals surface area contributed by atoms with Gasteiger partial charge >= 0.3 is 0 Å². The Kier molecular flexibility index (Phi) is 6.61. The number of hydrogen-bond acceptors (Lipinski definition) is 4. The minimum Gasteiger partial charge on any atom is -0.333 e. The van der Waals surface area contributed by atoms with Crippen LogP contribution >= 0.6 is 0 Å². The Bertz CT molecular complexity index is 575. The van der Waals surface area contributed by atoms with Crippen LogP contribution in [0.5, 0.6) is 0 Å². The van der Waals surface area contributed by atoms with Gasteiger partial charge in [-0.05, 0) is 6.42 Å². The van der Waals surface area contributed by atoms with Crippen LogP contribution in [-0.4, -0.2) is 65.7 Å². The Morgan fingerprint density at radius 1 is 1.17 bits per heavy atom. The summed E-state index contributed by atoms with van der Waals surface area (Å²) in [4.78, 5) is 6.75. The molecule has 1 aliphatic heterocycles. The highest BCUT2D eigenvalue weighted by molar-refractivity contribution is 7.89. The van der Waals surface area contributed by atoms with Crippen molar-refractivity contribution in [2.24, 2.45) is 0 Å². The Labute approximate surface area is 140 Å². The largest absolute Gasteiger partial charge is 0.333 e. The van der Waals surface area contributed by atoms with Gasteiger partial charge in [0.2, 0.25) is 10.0 Å². The lowest BCUT2D eigenvalue weighted by atomic mass is 10.2. The molecule has 0 unspecified atom stereocenters. The zero-order valence-electron chi connectivity index (χ0n) is 14.6. The van der Waals surface area contributed by atoms with E-state index in [1.165, 1.54) is 0 Å². The molecule has 2 rings (SSSR count). The van der Waals surface area contributed by atoms with Crippen molar-refractivity contribution in [1.29, 1.82) is 0 Å². The average molecular weight is 343 g/mol. The third-order valence-electron chi connectivity index (χ3n) is 4.40. The first-order valence-electron chi connectivity index (χ1n) is 8.65. The zero-order chi connectivity index (χ0) is 16.9. The minimum atomic E-state index is -3.05. The van der Waals surface area contributed by atoms with Gasteiger partial charge in [0.25, 0.3) is 0 Å². The summed E-state index contributed by atoms with van der Waals surface area (Å²) in [6.45, 7) is 11.1. The van der Waals surface area contributed by atoms with Crippen LogP contribution in [0.4, 0.5) is 0 Å². The Morgan fingerprint density at radius 3 is 2.48 bits per heavy atom. The lowest BCUT2D eigenvalue weighted by Gasteiger charge is -2.34. The second-order valence-corrected chi connectivity index (χ2v) is 8.63. The fraction of sp³-hybridized carbons (Fsp3) is 0.812. The maximum atomic E-state index is 12.2. The molecule has 0 aliphatic carbocycles. The van der Waals surface area contributed by atoms with E-state index >= 15 is 0 Å². The summed E-state index contributed by atoms with van der Waals surface area (Å²) >= 11 is 0. The number of rotatable bonds is 8. The van der Waals surface area contributed by atoms with E-state index < -0.39 is 10.0 Å². The molecule has 0 saturated carbocycles. The van der Waals surface area contributed by atoms with Crippen LogP contribution in [0.1, 0.15) is 45.4 Å². The van der Waals surface area contributed by atoms with Gasteiger partial charge in [0.1, 0.15) is 5.82 Å². The summed E-state index contributed by atoms with van der Waals surface area (Å²) in [5, 5.41) is 0. The molecule has 0 bridgehead atoms. The van der Waals surface area contributed by atoms with Crippen molar-refractivity contribution >= 4 is 10.0 Å². The van der Waals surface area contributed by atoms with Gasteiger partial charge in [0.15, 0.2) is 0 Å². The molecule has 0 amide bonds. The number of piperazine rings is 1. The highest BCUT2D eigenvalue weighted by Gasteiger charge is 2.26.